The maximum Gasteiger partial charge on any atom is 0.277 e. The maximum absolute atomic E-state index is 12.9. The predicted octanol–water partition coefficient (Wildman–Crippen LogP) is 0.859. The first-order chi connectivity index (χ1) is 12.4. The van der Waals surface area contributed by atoms with Crippen LogP contribution in [0.2, 0.25) is 0 Å². The summed E-state index contributed by atoms with van der Waals surface area (Å²) in [5.41, 5.74) is 2.57. The molecule has 0 saturated heterocycles. The fraction of sp³-hybridized carbons (Fsp3) is 0.300. The number of hydrogen-bond acceptors (Lipinski definition) is 2. The fourth-order valence-corrected chi connectivity index (χ4v) is 2.67. The second-order valence-corrected chi connectivity index (χ2v) is 6.46. The van der Waals surface area contributed by atoms with E-state index in [1.54, 1.807) is 43.3 Å². The van der Waals surface area contributed by atoms with Crippen LogP contribution in [0.4, 0.5) is 4.39 Å². The van der Waals surface area contributed by atoms with Gasteiger partial charge in [-0.2, -0.15) is 0 Å². The summed E-state index contributed by atoms with van der Waals surface area (Å²) >= 11 is 0. The molecule has 5 nitrogen and oxygen atoms in total. The van der Waals surface area contributed by atoms with Gasteiger partial charge in [0.25, 0.3) is 11.8 Å². The van der Waals surface area contributed by atoms with E-state index in [0.29, 0.717) is 25.2 Å². The lowest BCUT2D eigenvalue weighted by molar-refractivity contribution is -0.885. The van der Waals surface area contributed by atoms with Crippen molar-refractivity contribution < 1.29 is 18.9 Å². The number of benzene rings is 2. The minimum Gasteiger partial charge on any atom is -0.355 e. The van der Waals surface area contributed by atoms with Crippen molar-refractivity contribution >= 4 is 11.8 Å². The van der Waals surface area contributed by atoms with E-state index in [1.807, 2.05) is 19.2 Å². The number of rotatable bonds is 7. The molecule has 0 radical (unpaired) electrons. The third-order valence-electron chi connectivity index (χ3n) is 4.16. The lowest BCUT2D eigenvalue weighted by Crippen LogP contribution is -3.08. The molecule has 0 saturated carbocycles. The van der Waals surface area contributed by atoms with Gasteiger partial charge < -0.3 is 15.1 Å². The first-order valence-corrected chi connectivity index (χ1v) is 8.49. The van der Waals surface area contributed by atoms with Gasteiger partial charge in [0.1, 0.15) is 12.4 Å². The van der Waals surface area contributed by atoms with Crippen molar-refractivity contribution in [2.24, 2.45) is 0 Å². The highest BCUT2D eigenvalue weighted by atomic mass is 19.1. The lowest BCUT2D eigenvalue weighted by Gasteiger charge is -2.20. The number of nitrogens with one attached hydrogen (secondary N) is 2. The molecule has 138 valence electrons. The van der Waals surface area contributed by atoms with Crippen LogP contribution in [0.5, 0.6) is 0 Å². The second-order valence-electron chi connectivity index (χ2n) is 6.46. The molecule has 2 rings (SSSR count). The van der Waals surface area contributed by atoms with Gasteiger partial charge in [0.2, 0.25) is 0 Å². The minimum absolute atomic E-state index is 0.0220. The van der Waals surface area contributed by atoms with E-state index in [4.69, 9.17) is 0 Å². The van der Waals surface area contributed by atoms with Crippen LogP contribution < -0.4 is 10.2 Å². The van der Waals surface area contributed by atoms with Gasteiger partial charge in [0.05, 0.1) is 7.05 Å². The number of carbonyl (C=O) groups is 2. The quantitative estimate of drug-likeness (QED) is 0.771. The highest BCUT2D eigenvalue weighted by Crippen LogP contribution is 2.06. The van der Waals surface area contributed by atoms with Crippen molar-refractivity contribution in [3.8, 4) is 0 Å². The molecule has 0 aliphatic carbocycles. The molecule has 6 heteroatoms. The Morgan fingerprint density at radius 1 is 1.04 bits per heavy atom. The molecule has 2 aromatic carbocycles. The van der Waals surface area contributed by atoms with E-state index in [9.17, 15) is 14.0 Å². The Bertz CT molecular complexity index is 745. The first-order valence-electron chi connectivity index (χ1n) is 8.49. The number of amides is 2. The SMILES string of the molecule is CNC(=O)c1ccc(C[NH+](C)CC(=O)N(C)Cc2ccc(F)cc2)cc1. The third-order valence-corrected chi connectivity index (χ3v) is 4.16. The van der Waals surface area contributed by atoms with Gasteiger partial charge in [-0.05, 0) is 29.8 Å². The summed E-state index contributed by atoms with van der Waals surface area (Å²) in [7, 11) is 5.30. The summed E-state index contributed by atoms with van der Waals surface area (Å²) < 4.78 is 12.9. The Morgan fingerprint density at radius 3 is 2.19 bits per heavy atom. The van der Waals surface area contributed by atoms with Crippen molar-refractivity contribution in [3.05, 3.63) is 71.0 Å². The Hall–Kier alpha value is -2.73. The number of nitrogens with zero attached hydrogens (tertiary/aromatic N) is 1. The van der Waals surface area contributed by atoms with Crippen molar-refractivity contribution in [1.29, 1.82) is 0 Å². The van der Waals surface area contributed by atoms with E-state index in [-0.39, 0.29) is 17.6 Å². The van der Waals surface area contributed by atoms with E-state index in [1.165, 1.54) is 12.1 Å². The third kappa shape index (κ3) is 5.67. The van der Waals surface area contributed by atoms with Crippen LogP contribution >= 0.6 is 0 Å². The van der Waals surface area contributed by atoms with Crippen molar-refractivity contribution in [3.63, 3.8) is 0 Å². The average molecular weight is 358 g/mol. The van der Waals surface area contributed by atoms with Gasteiger partial charge >= 0.3 is 0 Å². The van der Waals surface area contributed by atoms with Gasteiger partial charge in [-0.25, -0.2) is 4.39 Å². The van der Waals surface area contributed by atoms with Crippen molar-refractivity contribution in [2.75, 3.05) is 27.7 Å². The van der Waals surface area contributed by atoms with Gasteiger partial charge in [-0.3, -0.25) is 9.59 Å². The van der Waals surface area contributed by atoms with Crippen LogP contribution in [0.25, 0.3) is 0 Å². The van der Waals surface area contributed by atoms with Crippen molar-refractivity contribution in [2.45, 2.75) is 13.1 Å². The molecule has 2 aromatic rings. The molecule has 0 bridgehead atoms. The summed E-state index contributed by atoms with van der Waals surface area (Å²) in [6.07, 6.45) is 0. The van der Waals surface area contributed by atoms with Crippen LogP contribution in [0, 0.1) is 5.82 Å². The summed E-state index contributed by atoms with van der Waals surface area (Å²) in [4.78, 5) is 26.6. The molecule has 0 spiro atoms. The summed E-state index contributed by atoms with van der Waals surface area (Å²) in [5.74, 6) is -0.377. The van der Waals surface area contributed by atoms with Crippen LogP contribution in [0.15, 0.2) is 48.5 Å². The number of likely N-dealkylation sites (N-methyl/N-ethyl adjacent to an activating group) is 2. The zero-order valence-electron chi connectivity index (χ0n) is 15.4. The number of quaternary nitrogens is 1. The zero-order valence-corrected chi connectivity index (χ0v) is 15.4. The Balaban J connectivity index is 1.85. The molecule has 1 atom stereocenters. The molecule has 2 amide bonds. The van der Waals surface area contributed by atoms with Crippen LogP contribution in [0.1, 0.15) is 21.5 Å². The molecule has 0 aliphatic heterocycles. The van der Waals surface area contributed by atoms with Crippen molar-refractivity contribution in [1.82, 2.24) is 10.2 Å². The smallest absolute Gasteiger partial charge is 0.277 e. The van der Waals surface area contributed by atoms with Gasteiger partial charge in [-0.1, -0.05) is 24.3 Å². The largest absolute Gasteiger partial charge is 0.355 e. The Morgan fingerprint density at radius 2 is 1.62 bits per heavy atom. The molecule has 26 heavy (non-hydrogen) atoms. The monoisotopic (exact) mass is 358 g/mol. The number of halogens is 1. The standard InChI is InChI=1S/C20H24FN3O2/c1-22-20(26)17-8-4-15(5-9-17)12-23(2)14-19(25)24(3)13-16-6-10-18(21)11-7-16/h4-11H,12-14H2,1-3H3,(H,22,26)/p+1. The molecule has 1 unspecified atom stereocenters. The fourth-order valence-electron chi connectivity index (χ4n) is 2.67. The summed E-state index contributed by atoms with van der Waals surface area (Å²) in [6, 6.07) is 13.5. The zero-order chi connectivity index (χ0) is 19.1. The minimum atomic E-state index is -0.283. The molecule has 0 fully saturated rings. The molecule has 0 aliphatic rings. The highest BCUT2D eigenvalue weighted by molar-refractivity contribution is 5.93. The van der Waals surface area contributed by atoms with E-state index >= 15 is 0 Å². The van der Waals surface area contributed by atoms with Gasteiger partial charge in [-0.15, -0.1) is 0 Å². The predicted molar refractivity (Wildman–Crippen MR) is 98.2 cm³/mol. The van der Waals surface area contributed by atoms with E-state index < -0.39 is 0 Å². The summed E-state index contributed by atoms with van der Waals surface area (Å²) in [6.45, 7) is 1.49. The van der Waals surface area contributed by atoms with E-state index in [0.717, 1.165) is 16.0 Å². The molecular weight excluding hydrogens is 333 g/mol. The summed E-state index contributed by atoms with van der Waals surface area (Å²) in [5, 5.41) is 2.59. The van der Waals surface area contributed by atoms with Gasteiger partial charge in [0, 0.05) is 31.8 Å². The van der Waals surface area contributed by atoms with Crippen LogP contribution in [-0.4, -0.2) is 44.4 Å². The first kappa shape index (κ1) is 19.6. The number of carbonyl (C=O) groups excluding carboxylic acids is 2. The lowest BCUT2D eigenvalue weighted by atomic mass is 10.1. The second kappa shape index (κ2) is 9.10. The molecule has 0 heterocycles. The van der Waals surface area contributed by atoms with E-state index in [2.05, 4.69) is 5.32 Å². The van der Waals surface area contributed by atoms with Gasteiger partial charge in [0.15, 0.2) is 6.54 Å². The highest BCUT2D eigenvalue weighted by Gasteiger charge is 2.15. The normalized spacial score (nSPS) is 11.7. The van der Waals surface area contributed by atoms with Crippen LogP contribution in [0.3, 0.4) is 0 Å². The maximum atomic E-state index is 12.9. The topological polar surface area (TPSA) is 53.9 Å². The molecule has 0 aromatic heterocycles. The Labute approximate surface area is 153 Å². The van der Waals surface area contributed by atoms with Crippen LogP contribution in [-0.2, 0) is 17.9 Å². The average Bonchev–Trinajstić information content (AvgIpc) is 2.63. The molecule has 2 N–H and O–H groups in total. The molecular formula is C20H25FN3O2+. The Kier molecular flexibility index (Phi) is 6.86. The number of hydrogen-bond donors (Lipinski definition) is 2.